The molecular formula is C12H17BrFNO. The van der Waals surface area contributed by atoms with E-state index in [2.05, 4.69) is 28.2 Å². The number of rotatable bonds is 5. The van der Waals surface area contributed by atoms with Crippen molar-refractivity contribution in [1.29, 1.82) is 0 Å². The number of benzene rings is 1. The lowest BCUT2D eigenvalue weighted by Crippen LogP contribution is -2.17. The topological polar surface area (TPSA) is 21.3 Å². The van der Waals surface area contributed by atoms with Crippen molar-refractivity contribution in [2.75, 3.05) is 19.0 Å². The van der Waals surface area contributed by atoms with E-state index < -0.39 is 0 Å². The zero-order valence-corrected chi connectivity index (χ0v) is 11.4. The van der Waals surface area contributed by atoms with E-state index >= 15 is 0 Å². The van der Waals surface area contributed by atoms with Crippen LogP contribution in [0.25, 0.3) is 0 Å². The number of nitrogens with one attached hydrogen (secondary N) is 1. The first-order valence-electron chi connectivity index (χ1n) is 5.25. The monoisotopic (exact) mass is 289 g/mol. The maximum atomic E-state index is 13.4. The van der Waals surface area contributed by atoms with Crippen LogP contribution in [-0.2, 0) is 4.74 Å². The summed E-state index contributed by atoms with van der Waals surface area (Å²) in [5, 5.41) is 3.27. The fourth-order valence-electron chi connectivity index (χ4n) is 1.43. The smallest absolute Gasteiger partial charge is 0.139 e. The van der Waals surface area contributed by atoms with Crippen LogP contribution in [0.3, 0.4) is 0 Å². The van der Waals surface area contributed by atoms with Gasteiger partial charge in [0.2, 0.25) is 0 Å². The molecule has 0 spiro atoms. The first-order chi connectivity index (χ1) is 7.54. The Bertz CT molecular complexity index is 357. The summed E-state index contributed by atoms with van der Waals surface area (Å²) in [5.41, 5.74) is 1.86. The molecule has 0 heterocycles. The van der Waals surface area contributed by atoms with E-state index in [4.69, 9.17) is 4.74 Å². The van der Waals surface area contributed by atoms with Crippen LogP contribution >= 0.6 is 15.9 Å². The Kier molecular flexibility index (Phi) is 5.22. The van der Waals surface area contributed by atoms with Gasteiger partial charge < -0.3 is 10.1 Å². The van der Waals surface area contributed by atoms with Crippen molar-refractivity contribution >= 4 is 21.6 Å². The third-order valence-corrected chi connectivity index (χ3v) is 3.03. The van der Waals surface area contributed by atoms with Crippen LogP contribution in [0, 0.1) is 12.7 Å². The van der Waals surface area contributed by atoms with Gasteiger partial charge in [-0.3, -0.25) is 0 Å². The van der Waals surface area contributed by atoms with Crippen molar-refractivity contribution in [1.82, 2.24) is 0 Å². The summed E-state index contributed by atoms with van der Waals surface area (Å²) in [6, 6.07) is 3.56. The third-order valence-electron chi connectivity index (χ3n) is 2.42. The quantitative estimate of drug-likeness (QED) is 0.892. The highest BCUT2D eigenvalue weighted by Crippen LogP contribution is 2.24. The molecule has 0 radical (unpaired) electrons. The van der Waals surface area contributed by atoms with Crippen LogP contribution in [-0.4, -0.2) is 19.8 Å². The summed E-state index contributed by atoms with van der Waals surface area (Å²) in [6.45, 7) is 4.71. The van der Waals surface area contributed by atoms with E-state index in [1.807, 2.05) is 6.92 Å². The number of halogens is 2. The molecule has 1 rings (SSSR count). The number of hydrogen-bond donors (Lipinski definition) is 1. The van der Waals surface area contributed by atoms with Crippen LogP contribution in [0.5, 0.6) is 0 Å². The van der Waals surface area contributed by atoms with Gasteiger partial charge in [-0.2, -0.15) is 0 Å². The number of ether oxygens (including phenoxy) is 1. The van der Waals surface area contributed by atoms with E-state index in [0.29, 0.717) is 11.1 Å². The van der Waals surface area contributed by atoms with Crippen LogP contribution in [0.4, 0.5) is 10.1 Å². The maximum absolute atomic E-state index is 13.4. The lowest BCUT2D eigenvalue weighted by Gasteiger charge is -2.17. The molecule has 1 aromatic rings. The molecular weight excluding hydrogens is 273 g/mol. The van der Waals surface area contributed by atoms with Gasteiger partial charge in [0.1, 0.15) is 5.82 Å². The number of anilines is 1. The summed E-state index contributed by atoms with van der Waals surface area (Å²) >= 11 is 3.17. The number of aryl methyl sites for hydroxylation is 1. The summed E-state index contributed by atoms with van der Waals surface area (Å²) < 4.78 is 18.9. The van der Waals surface area contributed by atoms with Gasteiger partial charge in [-0.25, -0.2) is 4.39 Å². The zero-order chi connectivity index (χ0) is 12.1. The van der Waals surface area contributed by atoms with Crippen molar-refractivity contribution < 1.29 is 9.13 Å². The van der Waals surface area contributed by atoms with Crippen molar-refractivity contribution in [2.45, 2.75) is 26.3 Å². The van der Waals surface area contributed by atoms with Crippen molar-refractivity contribution in [3.63, 3.8) is 0 Å². The Morgan fingerprint density at radius 3 is 2.81 bits per heavy atom. The average molecular weight is 290 g/mol. The SMILES string of the molecule is COCCC(C)Nc1cc(F)c(Br)cc1C. The Hall–Kier alpha value is -0.610. The molecule has 16 heavy (non-hydrogen) atoms. The second-order valence-electron chi connectivity index (χ2n) is 3.91. The largest absolute Gasteiger partial charge is 0.385 e. The molecule has 0 saturated carbocycles. The highest BCUT2D eigenvalue weighted by atomic mass is 79.9. The minimum Gasteiger partial charge on any atom is -0.385 e. The number of methoxy groups -OCH3 is 1. The third kappa shape index (κ3) is 3.76. The fourth-order valence-corrected chi connectivity index (χ4v) is 1.89. The molecule has 1 unspecified atom stereocenters. The second kappa shape index (κ2) is 6.21. The Morgan fingerprint density at radius 2 is 2.19 bits per heavy atom. The zero-order valence-electron chi connectivity index (χ0n) is 9.81. The van der Waals surface area contributed by atoms with E-state index in [1.165, 1.54) is 6.07 Å². The maximum Gasteiger partial charge on any atom is 0.139 e. The lowest BCUT2D eigenvalue weighted by molar-refractivity contribution is 0.191. The van der Waals surface area contributed by atoms with Crippen LogP contribution in [0.15, 0.2) is 16.6 Å². The van der Waals surface area contributed by atoms with Gasteiger partial charge >= 0.3 is 0 Å². The van der Waals surface area contributed by atoms with E-state index in [1.54, 1.807) is 13.2 Å². The van der Waals surface area contributed by atoms with Gasteiger partial charge in [-0.15, -0.1) is 0 Å². The molecule has 1 N–H and O–H groups in total. The van der Waals surface area contributed by atoms with E-state index in [-0.39, 0.29) is 11.9 Å². The van der Waals surface area contributed by atoms with Crippen molar-refractivity contribution in [3.8, 4) is 0 Å². The van der Waals surface area contributed by atoms with Crippen LogP contribution in [0.2, 0.25) is 0 Å². The molecule has 1 atom stereocenters. The van der Waals surface area contributed by atoms with E-state index in [9.17, 15) is 4.39 Å². The van der Waals surface area contributed by atoms with Gasteiger partial charge in [0.15, 0.2) is 0 Å². The Labute approximate surface area is 104 Å². The van der Waals surface area contributed by atoms with Gasteiger partial charge in [0.05, 0.1) is 4.47 Å². The molecule has 4 heteroatoms. The molecule has 0 saturated heterocycles. The Morgan fingerprint density at radius 1 is 1.50 bits per heavy atom. The van der Waals surface area contributed by atoms with E-state index in [0.717, 1.165) is 17.7 Å². The first-order valence-corrected chi connectivity index (χ1v) is 6.05. The highest BCUT2D eigenvalue weighted by Gasteiger charge is 2.08. The normalized spacial score (nSPS) is 12.6. The molecule has 0 aliphatic rings. The molecule has 2 nitrogen and oxygen atoms in total. The van der Waals surface area contributed by atoms with Gasteiger partial charge in [0, 0.05) is 25.4 Å². The molecule has 1 aromatic carbocycles. The van der Waals surface area contributed by atoms with Crippen LogP contribution in [0.1, 0.15) is 18.9 Å². The summed E-state index contributed by atoms with van der Waals surface area (Å²) in [6.07, 6.45) is 0.896. The predicted molar refractivity (Wildman–Crippen MR) is 68.4 cm³/mol. The molecule has 0 aliphatic carbocycles. The lowest BCUT2D eigenvalue weighted by atomic mass is 10.1. The van der Waals surface area contributed by atoms with Gasteiger partial charge in [0.25, 0.3) is 0 Å². The Balaban J connectivity index is 2.69. The molecule has 0 aliphatic heterocycles. The summed E-state index contributed by atoms with van der Waals surface area (Å²) in [4.78, 5) is 0. The summed E-state index contributed by atoms with van der Waals surface area (Å²) in [5.74, 6) is -0.243. The molecule has 0 bridgehead atoms. The van der Waals surface area contributed by atoms with Crippen LogP contribution < -0.4 is 5.32 Å². The highest BCUT2D eigenvalue weighted by molar-refractivity contribution is 9.10. The van der Waals surface area contributed by atoms with Gasteiger partial charge in [-0.05, 0) is 53.9 Å². The molecule has 0 fully saturated rings. The van der Waals surface area contributed by atoms with Crippen molar-refractivity contribution in [2.24, 2.45) is 0 Å². The minimum atomic E-state index is -0.243. The summed E-state index contributed by atoms with van der Waals surface area (Å²) in [7, 11) is 1.68. The van der Waals surface area contributed by atoms with Gasteiger partial charge in [-0.1, -0.05) is 0 Å². The fraction of sp³-hybridized carbons (Fsp3) is 0.500. The minimum absolute atomic E-state index is 0.243. The standard InChI is InChI=1S/C12H17BrFNO/c1-8-6-10(13)11(14)7-12(8)15-9(2)4-5-16-3/h6-7,9,15H,4-5H2,1-3H3. The first kappa shape index (κ1) is 13.5. The number of hydrogen-bond acceptors (Lipinski definition) is 2. The molecule has 0 aromatic heterocycles. The predicted octanol–water partition coefficient (Wildman–Crippen LogP) is 3.73. The second-order valence-corrected chi connectivity index (χ2v) is 4.76. The van der Waals surface area contributed by atoms with Crippen molar-refractivity contribution in [3.05, 3.63) is 28.0 Å². The average Bonchev–Trinajstić information content (AvgIpc) is 2.23. The molecule has 0 amide bonds. The molecule has 90 valence electrons.